The smallest absolute Gasteiger partial charge is 0.326 e. The average molecular weight is 257 g/mol. The first-order valence-corrected chi connectivity index (χ1v) is 5.95. The number of carbonyl (C=O) groups excluding carboxylic acids is 2. The van der Waals surface area contributed by atoms with Crippen LogP contribution in [0.1, 0.15) is 19.8 Å². The first kappa shape index (κ1) is 14.3. The lowest BCUT2D eigenvalue weighted by atomic mass is 10.0. The summed E-state index contributed by atoms with van der Waals surface area (Å²) in [5.41, 5.74) is 0. The fraction of sp³-hybridized carbons (Fsp3) is 0.727. The Balaban J connectivity index is 2.46. The number of hydrogen-bond donors (Lipinski definition) is 3. The topological polar surface area (TPSA) is 98.7 Å². The standard InChI is InChI=1S/C11H19N3O4/c1-7-4-6-14(9(7)10(16)17)11(18)13-5-3-8(15)12-2/h7,9H,3-6H2,1-2H3,(H,12,15)(H,13,18)(H,16,17). The molecule has 0 aromatic rings. The highest BCUT2D eigenvalue weighted by Gasteiger charge is 2.39. The van der Waals surface area contributed by atoms with E-state index in [0.29, 0.717) is 13.0 Å². The van der Waals surface area contributed by atoms with Crippen LogP contribution in [0.3, 0.4) is 0 Å². The largest absolute Gasteiger partial charge is 0.480 e. The van der Waals surface area contributed by atoms with Crippen molar-refractivity contribution in [3.8, 4) is 0 Å². The average Bonchev–Trinajstić information content (AvgIpc) is 2.70. The van der Waals surface area contributed by atoms with Gasteiger partial charge < -0.3 is 20.6 Å². The van der Waals surface area contributed by atoms with E-state index in [1.807, 2.05) is 6.92 Å². The van der Waals surface area contributed by atoms with Crippen LogP contribution in [0, 0.1) is 5.92 Å². The molecule has 7 heteroatoms. The van der Waals surface area contributed by atoms with Gasteiger partial charge in [-0.25, -0.2) is 9.59 Å². The van der Waals surface area contributed by atoms with Crippen molar-refractivity contribution in [2.45, 2.75) is 25.8 Å². The maximum atomic E-state index is 11.8. The van der Waals surface area contributed by atoms with Gasteiger partial charge in [0.25, 0.3) is 0 Å². The molecule has 1 saturated heterocycles. The molecule has 2 atom stereocenters. The zero-order valence-corrected chi connectivity index (χ0v) is 10.6. The van der Waals surface area contributed by atoms with Crippen molar-refractivity contribution >= 4 is 17.9 Å². The third-order valence-corrected chi connectivity index (χ3v) is 3.12. The van der Waals surface area contributed by atoms with E-state index in [0.717, 1.165) is 0 Å². The van der Waals surface area contributed by atoms with Crippen molar-refractivity contribution in [2.24, 2.45) is 5.92 Å². The highest BCUT2D eigenvalue weighted by atomic mass is 16.4. The number of urea groups is 1. The molecule has 0 aromatic carbocycles. The molecule has 0 aromatic heterocycles. The van der Waals surface area contributed by atoms with E-state index in [1.165, 1.54) is 11.9 Å². The Hall–Kier alpha value is -1.79. The first-order valence-electron chi connectivity index (χ1n) is 5.95. The van der Waals surface area contributed by atoms with Gasteiger partial charge in [-0.05, 0) is 12.3 Å². The van der Waals surface area contributed by atoms with Crippen molar-refractivity contribution < 1.29 is 19.5 Å². The summed E-state index contributed by atoms with van der Waals surface area (Å²) in [7, 11) is 1.52. The zero-order valence-electron chi connectivity index (χ0n) is 10.6. The molecule has 1 rings (SSSR count). The van der Waals surface area contributed by atoms with Crippen molar-refractivity contribution in [1.29, 1.82) is 0 Å². The Morgan fingerprint density at radius 1 is 1.39 bits per heavy atom. The minimum atomic E-state index is -0.985. The SMILES string of the molecule is CNC(=O)CCNC(=O)N1CCC(C)C1C(=O)O. The Morgan fingerprint density at radius 3 is 2.61 bits per heavy atom. The van der Waals surface area contributed by atoms with Crippen LogP contribution < -0.4 is 10.6 Å². The molecule has 7 nitrogen and oxygen atoms in total. The van der Waals surface area contributed by atoms with Crippen LogP contribution in [-0.2, 0) is 9.59 Å². The number of carboxylic acids is 1. The molecule has 0 aliphatic carbocycles. The maximum absolute atomic E-state index is 11.8. The van der Waals surface area contributed by atoms with Crippen LogP contribution in [0.15, 0.2) is 0 Å². The van der Waals surface area contributed by atoms with Crippen LogP contribution in [0.5, 0.6) is 0 Å². The zero-order chi connectivity index (χ0) is 13.7. The van der Waals surface area contributed by atoms with Gasteiger partial charge in [0.2, 0.25) is 5.91 Å². The van der Waals surface area contributed by atoms with Gasteiger partial charge in [0.1, 0.15) is 6.04 Å². The van der Waals surface area contributed by atoms with Crippen molar-refractivity contribution in [3.63, 3.8) is 0 Å². The molecular formula is C11H19N3O4. The predicted octanol–water partition coefficient (Wildman–Crippen LogP) is -0.373. The molecule has 2 unspecified atom stereocenters. The molecule has 0 radical (unpaired) electrons. The van der Waals surface area contributed by atoms with Crippen molar-refractivity contribution in [1.82, 2.24) is 15.5 Å². The van der Waals surface area contributed by atoms with Gasteiger partial charge in [0.05, 0.1) is 0 Å². The van der Waals surface area contributed by atoms with Gasteiger partial charge >= 0.3 is 12.0 Å². The van der Waals surface area contributed by atoms with Crippen molar-refractivity contribution in [3.05, 3.63) is 0 Å². The quantitative estimate of drug-likeness (QED) is 0.639. The highest BCUT2D eigenvalue weighted by Crippen LogP contribution is 2.23. The Labute approximate surface area is 106 Å². The molecule has 0 saturated carbocycles. The number of rotatable bonds is 4. The van der Waals surface area contributed by atoms with E-state index in [-0.39, 0.29) is 24.8 Å². The minimum absolute atomic E-state index is 0.0489. The number of amides is 3. The lowest BCUT2D eigenvalue weighted by Gasteiger charge is -2.23. The number of carbonyl (C=O) groups is 3. The molecule has 1 aliphatic rings. The first-order chi connectivity index (χ1) is 8.47. The third-order valence-electron chi connectivity index (χ3n) is 3.12. The van der Waals surface area contributed by atoms with Crippen LogP contribution >= 0.6 is 0 Å². The lowest BCUT2D eigenvalue weighted by molar-refractivity contribution is -0.142. The Morgan fingerprint density at radius 2 is 2.06 bits per heavy atom. The molecule has 102 valence electrons. The summed E-state index contributed by atoms with van der Waals surface area (Å²) in [4.78, 5) is 35.2. The van der Waals surface area contributed by atoms with E-state index in [1.54, 1.807) is 0 Å². The number of nitrogens with zero attached hydrogens (tertiary/aromatic N) is 1. The number of hydrogen-bond acceptors (Lipinski definition) is 3. The summed E-state index contributed by atoms with van der Waals surface area (Å²) >= 11 is 0. The van der Waals surface area contributed by atoms with E-state index in [9.17, 15) is 14.4 Å². The summed E-state index contributed by atoms with van der Waals surface area (Å²) in [5, 5.41) is 14.1. The normalized spacial score (nSPS) is 22.7. The Kier molecular flexibility index (Phi) is 4.94. The highest BCUT2D eigenvalue weighted by molar-refractivity contribution is 5.84. The van der Waals surface area contributed by atoms with Gasteiger partial charge in [0, 0.05) is 26.6 Å². The molecule has 18 heavy (non-hydrogen) atoms. The second-order valence-electron chi connectivity index (χ2n) is 4.40. The Bertz CT molecular complexity index is 345. The number of likely N-dealkylation sites (tertiary alicyclic amines) is 1. The van der Waals surface area contributed by atoms with Gasteiger partial charge in [0.15, 0.2) is 0 Å². The van der Waals surface area contributed by atoms with Crippen molar-refractivity contribution in [2.75, 3.05) is 20.1 Å². The van der Waals surface area contributed by atoms with E-state index in [4.69, 9.17) is 5.11 Å². The summed E-state index contributed by atoms with van der Waals surface area (Å²) in [6.45, 7) is 2.45. The second kappa shape index (κ2) is 6.23. The van der Waals surface area contributed by atoms with Crippen LogP contribution in [-0.4, -0.2) is 54.1 Å². The molecule has 0 spiro atoms. The number of aliphatic carboxylic acids is 1. The molecule has 1 aliphatic heterocycles. The van der Waals surface area contributed by atoms with Gasteiger partial charge in [-0.15, -0.1) is 0 Å². The maximum Gasteiger partial charge on any atom is 0.326 e. The van der Waals surface area contributed by atoms with Gasteiger partial charge in [-0.1, -0.05) is 6.92 Å². The van der Waals surface area contributed by atoms with E-state index >= 15 is 0 Å². The van der Waals surface area contributed by atoms with E-state index < -0.39 is 18.0 Å². The minimum Gasteiger partial charge on any atom is -0.480 e. The fourth-order valence-electron chi connectivity index (χ4n) is 2.06. The van der Waals surface area contributed by atoms with Gasteiger partial charge in [-0.3, -0.25) is 4.79 Å². The molecule has 0 bridgehead atoms. The molecule has 3 amide bonds. The summed E-state index contributed by atoms with van der Waals surface area (Å²) in [6.07, 6.45) is 0.864. The number of carboxylic acid groups (broad SMARTS) is 1. The fourth-order valence-corrected chi connectivity index (χ4v) is 2.06. The van der Waals surface area contributed by atoms with Crippen LogP contribution in [0.25, 0.3) is 0 Å². The summed E-state index contributed by atoms with van der Waals surface area (Å²) in [5.74, 6) is -1.20. The van der Waals surface area contributed by atoms with Gasteiger partial charge in [-0.2, -0.15) is 0 Å². The molecular weight excluding hydrogens is 238 g/mol. The van der Waals surface area contributed by atoms with Crippen LogP contribution in [0.4, 0.5) is 4.79 Å². The predicted molar refractivity (Wildman–Crippen MR) is 64.0 cm³/mol. The summed E-state index contributed by atoms with van der Waals surface area (Å²) in [6, 6.07) is -1.19. The summed E-state index contributed by atoms with van der Waals surface area (Å²) < 4.78 is 0. The number of nitrogens with one attached hydrogen (secondary N) is 2. The monoisotopic (exact) mass is 257 g/mol. The van der Waals surface area contributed by atoms with E-state index in [2.05, 4.69) is 10.6 Å². The third kappa shape index (κ3) is 3.35. The molecule has 1 heterocycles. The molecule has 3 N–H and O–H groups in total. The lowest BCUT2D eigenvalue weighted by Crippen LogP contribution is -2.48. The second-order valence-corrected chi connectivity index (χ2v) is 4.40. The van der Waals surface area contributed by atoms with Crippen LogP contribution in [0.2, 0.25) is 0 Å². The molecule has 1 fully saturated rings.